The Kier molecular flexibility index (Phi) is 6.90. The van der Waals surface area contributed by atoms with Gasteiger partial charge in [-0.25, -0.2) is 9.78 Å². The molecule has 0 bridgehead atoms. The summed E-state index contributed by atoms with van der Waals surface area (Å²) in [6.45, 7) is 5.71. The Hall–Kier alpha value is -3.83. The third-order valence-corrected chi connectivity index (χ3v) is 7.59. The molecule has 0 radical (unpaired) electrons. The minimum atomic E-state index is -0.663. The van der Waals surface area contributed by atoms with E-state index in [1.807, 2.05) is 29.2 Å². The molecule has 1 N–H and O–H groups in total. The zero-order chi connectivity index (χ0) is 26.0. The maximum absolute atomic E-state index is 14.1. The van der Waals surface area contributed by atoms with Gasteiger partial charge in [-0.15, -0.1) is 0 Å². The summed E-state index contributed by atoms with van der Waals surface area (Å²) in [6.07, 6.45) is 7.82. The van der Waals surface area contributed by atoms with E-state index in [9.17, 15) is 9.59 Å². The summed E-state index contributed by atoms with van der Waals surface area (Å²) in [6, 6.07) is 7.52. The molecule has 0 aliphatic carbocycles. The Morgan fingerprint density at radius 2 is 2.11 bits per heavy atom. The number of pyridine rings is 1. The Balaban J connectivity index is 1.47. The first kappa shape index (κ1) is 24.8. The van der Waals surface area contributed by atoms with E-state index in [0.29, 0.717) is 44.0 Å². The summed E-state index contributed by atoms with van der Waals surface area (Å²) in [5, 5.41) is 3.30. The van der Waals surface area contributed by atoms with E-state index in [4.69, 9.17) is 16.6 Å². The highest BCUT2D eigenvalue weighted by Crippen LogP contribution is 2.48. The standard InChI is InChI=1S/C28H29ClN6O2/c1-3-4-5-6-7-14-34-23-9-8-20(29)17-22(23)32-25(34)19-35-24-18-31-13-10-21(24)28(26(35)36)11-15-33(16-12-28)27(37)30-2/h3,8-10,13,17-18H,1,6-7,11-12,14-16,19H2,2H3,(H,30,37). The van der Waals surface area contributed by atoms with E-state index < -0.39 is 5.41 Å². The molecular formula is C28H29ClN6O2. The summed E-state index contributed by atoms with van der Waals surface area (Å²) in [5.41, 5.74) is 2.90. The molecule has 0 saturated carbocycles. The first-order chi connectivity index (χ1) is 18.0. The van der Waals surface area contributed by atoms with E-state index in [1.165, 1.54) is 0 Å². The van der Waals surface area contributed by atoms with Crippen molar-refractivity contribution in [1.29, 1.82) is 0 Å². The number of unbranched alkanes of at least 4 members (excludes halogenated alkanes) is 1. The summed E-state index contributed by atoms with van der Waals surface area (Å²) >= 11 is 6.26. The number of rotatable bonds is 5. The number of carbonyl (C=O) groups excluding carboxylic acids is 2. The van der Waals surface area contributed by atoms with Crippen molar-refractivity contribution >= 4 is 40.3 Å². The summed E-state index contributed by atoms with van der Waals surface area (Å²) < 4.78 is 2.16. The number of allylic oxidation sites excluding steroid dienone is 1. The summed E-state index contributed by atoms with van der Waals surface area (Å²) in [4.78, 5) is 39.1. The number of imidazole rings is 1. The van der Waals surface area contributed by atoms with Crippen LogP contribution < -0.4 is 10.2 Å². The monoisotopic (exact) mass is 516 g/mol. The third-order valence-electron chi connectivity index (χ3n) is 7.36. The smallest absolute Gasteiger partial charge is 0.317 e. The van der Waals surface area contributed by atoms with Crippen LogP contribution in [-0.4, -0.2) is 51.5 Å². The van der Waals surface area contributed by atoms with E-state index in [2.05, 4.69) is 33.3 Å². The van der Waals surface area contributed by atoms with Crippen molar-refractivity contribution in [3.63, 3.8) is 0 Å². The number of likely N-dealkylation sites (tertiary alicyclic amines) is 1. The molecule has 2 aliphatic heterocycles. The number of urea groups is 1. The SMILES string of the molecule is C=CC#CCCCn1c(CN2C(=O)C3(CCN(C(=O)NC)CC3)c3ccncc32)nc2cc(Cl)ccc21. The molecule has 37 heavy (non-hydrogen) atoms. The van der Waals surface area contributed by atoms with E-state index >= 15 is 0 Å². The van der Waals surface area contributed by atoms with Gasteiger partial charge in [0.25, 0.3) is 0 Å². The zero-order valence-corrected chi connectivity index (χ0v) is 21.6. The van der Waals surface area contributed by atoms with Crippen molar-refractivity contribution in [3.8, 4) is 11.8 Å². The number of nitrogens with one attached hydrogen (secondary N) is 1. The van der Waals surface area contributed by atoms with Crippen LogP contribution in [0.4, 0.5) is 10.5 Å². The van der Waals surface area contributed by atoms with E-state index in [0.717, 1.165) is 41.0 Å². The molecule has 1 spiro atoms. The summed E-state index contributed by atoms with van der Waals surface area (Å²) in [7, 11) is 1.63. The molecule has 1 aromatic carbocycles. The van der Waals surface area contributed by atoms with Gasteiger partial charge in [0, 0.05) is 44.3 Å². The fourth-order valence-corrected chi connectivity index (χ4v) is 5.68. The van der Waals surface area contributed by atoms with Crippen molar-refractivity contribution in [2.45, 2.75) is 44.2 Å². The van der Waals surface area contributed by atoms with Gasteiger partial charge >= 0.3 is 6.03 Å². The topological polar surface area (TPSA) is 83.4 Å². The number of benzene rings is 1. The number of fused-ring (bicyclic) bond motifs is 3. The highest BCUT2D eigenvalue weighted by molar-refractivity contribution is 6.31. The Morgan fingerprint density at radius 1 is 1.30 bits per heavy atom. The number of aryl methyl sites for hydroxylation is 1. The second kappa shape index (κ2) is 10.3. The van der Waals surface area contributed by atoms with Crippen molar-refractivity contribution in [1.82, 2.24) is 24.8 Å². The van der Waals surface area contributed by atoms with Crippen LogP contribution in [0.3, 0.4) is 0 Å². The quantitative estimate of drug-likeness (QED) is 0.405. The van der Waals surface area contributed by atoms with Crippen molar-refractivity contribution in [3.05, 3.63) is 65.7 Å². The molecule has 0 atom stereocenters. The molecule has 1 fully saturated rings. The second-order valence-electron chi connectivity index (χ2n) is 9.35. The van der Waals surface area contributed by atoms with Crippen LogP contribution in [0.1, 0.15) is 37.1 Å². The molecule has 190 valence electrons. The van der Waals surface area contributed by atoms with Crippen LogP contribution in [0.5, 0.6) is 0 Å². The van der Waals surface area contributed by atoms with Crippen molar-refractivity contribution in [2.24, 2.45) is 0 Å². The molecule has 3 aromatic rings. The third kappa shape index (κ3) is 4.44. The molecule has 1 saturated heterocycles. The Labute approximate surface area is 221 Å². The number of amides is 3. The Bertz CT molecular complexity index is 1430. The van der Waals surface area contributed by atoms with Gasteiger partial charge in [-0.3, -0.25) is 9.78 Å². The fraction of sp³-hybridized carbons (Fsp3) is 0.357. The van der Waals surface area contributed by atoms with Gasteiger partial charge in [0.1, 0.15) is 5.82 Å². The summed E-state index contributed by atoms with van der Waals surface area (Å²) in [5.74, 6) is 6.82. The molecule has 2 aromatic heterocycles. The second-order valence-corrected chi connectivity index (χ2v) is 9.79. The molecule has 8 nitrogen and oxygen atoms in total. The van der Waals surface area contributed by atoms with Crippen LogP contribution in [0.15, 0.2) is 49.3 Å². The van der Waals surface area contributed by atoms with E-state index in [1.54, 1.807) is 30.4 Å². The minimum Gasteiger partial charge on any atom is -0.341 e. The molecule has 4 heterocycles. The van der Waals surface area contributed by atoms with Crippen LogP contribution in [0, 0.1) is 11.8 Å². The highest BCUT2D eigenvalue weighted by atomic mass is 35.5. The van der Waals surface area contributed by atoms with Gasteiger partial charge in [-0.2, -0.15) is 0 Å². The largest absolute Gasteiger partial charge is 0.341 e. The van der Waals surface area contributed by atoms with Crippen LogP contribution in [0.2, 0.25) is 5.02 Å². The predicted octanol–water partition coefficient (Wildman–Crippen LogP) is 4.27. The normalized spacial score (nSPS) is 16.0. The number of piperidine rings is 1. The van der Waals surface area contributed by atoms with Gasteiger partial charge in [-0.1, -0.05) is 30.0 Å². The number of carbonyl (C=O) groups is 2. The predicted molar refractivity (Wildman–Crippen MR) is 144 cm³/mol. The fourth-order valence-electron chi connectivity index (χ4n) is 5.51. The maximum atomic E-state index is 14.1. The lowest BCUT2D eigenvalue weighted by Crippen LogP contribution is -2.51. The molecule has 5 rings (SSSR count). The van der Waals surface area contributed by atoms with Crippen molar-refractivity contribution in [2.75, 3.05) is 25.0 Å². The average Bonchev–Trinajstić information content (AvgIpc) is 3.36. The Morgan fingerprint density at radius 3 is 2.86 bits per heavy atom. The number of anilines is 1. The lowest BCUT2D eigenvalue weighted by atomic mass is 9.74. The van der Waals surface area contributed by atoms with Gasteiger partial charge in [-0.05, 0) is 55.2 Å². The maximum Gasteiger partial charge on any atom is 0.317 e. The number of aromatic nitrogens is 3. The molecule has 0 unspecified atom stereocenters. The van der Waals surface area contributed by atoms with Crippen LogP contribution in [0.25, 0.3) is 11.0 Å². The van der Waals surface area contributed by atoms with Crippen LogP contribution >= 0.6 is 11.6 Å². The van der Waals surface area contributed by atoms with Crippen molar-refractivity contribution < 1.29 is 9.59 Å². The van der Waals surface area contributed by atoms with Gasteiger partial charge in [0.2, 0.25) is 5.91 Å². The first-order valence-corrected chi connectivity index (χ1v) is 12.8. The number of hydrogen-bond acceptors (Lipinski definition) is 4. The lowest BCUT2D eigenvalue weighted by molar-refractivity contribution is -0.124. The molecular weight excluding hydrogens is 488 g/mol. The average molecular weight is 517 g/mol. The lowest BCUT2D eigenvalue weighted by Gasteiger charge is -2.38. The van der Waals surface area contributed by atoms with E-state index in [-0.39, 0.29) is 11.9 Å². The highest BCUT2D eigenvalue weighted by Gasteiger charge is 2.52. The zero-order valence-electron chi connectivity index (χ0n) is 20.8. The number of nitrogens with zero attached hydrogens (tertiary/aromatic N) is 5. The first-order valence-electron chi connectivity index (χ1n) is 12.5. The molecule has 9 heteroatoms. The number of hydrogen-bond donors (Lipinski definition) is 1. The van der Waals surface area contributed by atoms with Gasteiger partial charge in [0.05, 0.1) is 34.9 Å². The van der Waals surface area contributed by atoms with Gasteiger partial charge < -0.3 is 19.7 Å². The molecule has 2 aliphatic rings. The van der Waals surface area contributed by atoms with Gasteiger partial charge in [0.15, 0.2) is 0 Å². The minimum absolute atomic E-state index is 0.0422. The number of halogens is 1. The molecule has 3 amide bonds. The van der Waals surface area contributed by atoms with Crippen LogP contribution in [-0.2, 0) is 23.3 Å².